The molecule has 0 saturated carbocycles. The van der Waals surface area contributed by atoms with E-state index in [0.29, 0.717) is 11.4 Å². The van der Waals surface area contributed by atoms with Gasteiger partial charge in [0.2, 0.25) is 15.9 Å². The average molecular weight is 439 g/mol. The number of methoxy groups -OCH3 is 1. The Balaban J connectivity index is 1.89. The summed E-state index contributed by atoms with van der Waals surface area (Å²) in [6, 6.07) is 20.1. The van der Waals surface area contributed by atoms with Gasteiger partial charge in [0.25, 0.3) is 0 Å². The highest BCUT2D eigenvalue weighted by Crippen LogP contribution is 2.21. The number of hydrogen-bond donors (Lipinski definition) is 2. The highest BCUT2D eigenvalue weighted by molar-refractivity contribution is 7.89. The Morgan fingerprint density at radius 3 is 2.10 bits per heavy atom. The van der Waals surface area contributed by atoms with E-state index in [1.807, 2.05) is 62.4 Å². The molecular formula is C24H26N2O4S. The molecule has 0 aromatic heterocycles. The van der Waals surface area contributed by atoms with Crippen LogP contribution in [-0.4, -0.2) is 27.5 Å². The molecule has 0 radical (unpaired) electrons. The van der Waals surface area contributed by atoms with E-state index in [2.05, 4.69) is 10.0 Å². The number of nitrogens with one attached hydrogen (secondary N) is 2. The number of sulfonamides is 1. The van der Waals surface area contributed by atoms with E-state index in [0.717, 1.165) is 16.7 Å². The summed E-state index contributed by atoms with van der Waals surface area (Å²) in [4.78, 5) is 13.2. The van der Waals surface area contributed by atoms with E-state index in [-0.39, 0.29) is 11.3 Å². The molecule has 162 valence electrons. The second kappa shape index (κ2) is 9.76. The number of rotatable bonds is 8. The maximum Gasteiger partial charge on any atom is 0.242 e. The number of amides is 1. The minimum Gasteiger partial charge on any atom is -0.497 e. The summed E-state index contributed by atoms with van der Waals surface area (Å²) >= 11 is 0. The van der Waals surface area contributed by atoms with Crippen molar-refractivity contribution in [1.82, 2.24) is 4.72 Å². The van der Waals surface area contributed by atoms with Crippen LogP contribution < -0.4 is 14.8 Å². The Bertz CT molecular complexity index is 1120. The topological polar surface area (TPSA) is 84.5 Å². The molecule has 3 aromatic carbocycles. The van der Waals surface area contributed by atoms with E-state index < -0.39 is 22.0 Å². The standard InChI is InChI=1S/C24H26N2O4S/c1-17-8-7-9-18(2)23(17)25-24(27)22(16-19-10-5-4-6-11-19)26-31(28,29)21-14-12-20(30-3)13-15-21/h4-15,22,26H,16H2,1-3H3,(H,25,27). The highest BCUT2D eigenvalue weighted by Gasteiger charge is 2.27. The first-order valence-electron chi connectivity index (χ1n) is 9.87. The van der Waals surface area contributed by atoms with Crippen molar-refractivity contribution in [3.8, 4) is 5.75 Å². The molecule has 3 rings (SSSR count). The van der Waals surface area contributed by atoms with Gasteiger partial charge in [-0.25, -0.2) is 8.42 Å². The van der Waals surface area contributed by atoms with Crippen LogP contribution in [0.25, 0.3) is 0 Å². The van der Waals surface area contributed by atoms with Gasteiger partial charge in [0.1, 0.15) is 11.8 Å². The van der Waals surface area contributed by atoms with Crippen LogP contribution in [0.2, 0.25) is 0 Å². The van der Waals surface area contributed by atoms with E-state index in [4.69, 9.17) is 4.74 Å². The summed E-state index contributed by atoms with van der Waals surface area (Å²) < 4.78 is 33.6. The van der Waals surface area contributed by atoms with Crippen LogP contribution in [0.4, 0.5) is 5.69 Å². The zero-order chi connectivity index (χ0) is 22.4. The van der Waals surface area contributed by atoms with Crippen molar-refractivity contribution < 1.29 is 17.9 Å². The zero-order valence-corrected chi connectivity index (χ0v) is 18.6. The van der Waals surface area contributed by atoms with Crippen LogP contribution in [0.1, 0.15) is 16.7 Å². The van der Waals surface area contributed by atoms with Crippen molar-refractivity contribution >= 4 is 21.6 Å². The van der Waals surface area contributed by atoms with Crippen LogP contribution in [-0.2, 0) is 21.2 Å². The molecule has 0 fully saturated rings. The molecule has 7 heteroatoms. The smallest absolute Gasteiger partial charge is 0.242 e. The number of hydrogen-bond acceptors (Lipinski definition) is 4. The molecule has 0 aliphatic rings. The van der Waals surface area contributed by atoms with Crippen molar-refractivity contribution in [2.24, 2.45) is 0 Å². The number of carbonyl (C=O) groups excluding carboxylic acids is 1. The second-order valence-corrected chi connectivity index (χ2v) is 9.01. The fourth-order valence-corrected chi connectivity index (χ4v) is 4.47. The van der Waals surface area contributed by atoms with E-state index in [1.165, 1.54) is 19.2 Å². The number of para-hydroxylation sites is 1. The molecule has 0 bridgehead atoms. The lowest BCUT2D eigenvalue weighted by atomic mass is 10.0. The average Bonchev–Trinajstić information content (AvgIpc) is 2.76. The van der Waals surface area contributed by atoms with Gasteiger partial charge in [0.15, 0.2) is 0 Å². The predicted octanol–water partition coefficient (Wildman–Crippen LogP) is 3.84. The van der Waals surface area contributed by atoms with E-state index in [9.17, 15) is 13.2 Å². The Kier molecular flexibility index (Phi) is 7.09. The summed E-state index contributed by atoms with van der Waals surface area (Å²) in [6.45, 7) is 3.80. The first-order valence-corrected chi connectivity index (χ1v) is 11.4. The maximum atomic E-state index is 13.2. The normalized spacial score (nSPS) is 12.2. The first kappa shape index (κ1) is 22.5. The summed E-state index contributed by atoms with van der Waals surface area (Å²) in [6.07, 6.45) is 0.215. The maximum absolute atomic E-state index is 13.2. The third kappa shape index (κ3) is 5.71. The molecule has 0 saturated heterocycles. The minimum atomic E-state index is -3.93. The third-order valence-corrected chi connectivity index (χ3v) is 6.48. The summed E-state index contributed by atoms with van der Waals surface area (Å²) in [5, 5.41) is 2.91. The molecule has 6 nitrogen and oxygen atoms in total. The molecule has 0 aliphatic heterocycles. The lowest BCUT2D eigenvalue weighted by Crippen LogP contribution is -2.45. The van der Waals surface area contributed by atoms with E-state index >= 15 is 0 Å². The Hall–Kier alpha value is -3.16. The molecule has 3 aromatic rings. The van der Waals surface area contributed by atoms with Crippen LogP contribution in [0.15, 0.2) is 77.7 Å². The number of carbonyl (C=O) groups is 1. The van der Waals surface area contributed by atoms with E-state index in [1.54, 1.807) is 12.1 Å². The van der Waals surface area contributed by atoms with Gasteiger partial charge in [-0.3, -0.25) is 4.79 Å². The highest BCUT2D eigenvalue weighted by atomic mass is 32.2. The van der Waals surface area contributed by atoms with Gasteiger partial charge < -0.3 is 10.1 Å². The lowest BCUT2D eigenvalue weighted by molar-refractivity contribution is -0.117. The summed E-state index contributed by atoms with van der Waals surface area (Å²) in [5.74, 6) is 0.130. The van der Waals surface area contributed by atoms with Crippen LogP contribution in [0, 0.1) is 13.8 Å². The largest absolute Gasteiger partial charge is 0.497 e. The molecule has 0 aliphatic carbocycles. The Morgan fingerprint density at radius 2 is 1.52 bits per heavy atom. The molecule has 1 amide bonds. The molecular weight excluding hydrogens is 412 g/mol. The number of aryl methyl sites for hydroxylation is 2. The predicted molar refractivity (Wildman–Crippen MR) is 122 cm³/mol. The molecule has 2 N–H and O–H groups in total. The fourth-order valence-electron chi connectivity index (χ4n) is 3.27. The zero-order valence-electron chi connectivity index (χ0n) is 17.8. The van der Waals surface area contributed by atoms with Crippen LogP contribution in [0.3, 0.4) is 0 Å². The summed E-state index contributed by atoms with van der Waals surface area (Å²) in [7, 11) is -2.42. The number of ether oxygens (including phenoxy) is 1. The molecule has 31 heavy (non-hydrogen) atoms. The van der Waals surface area contributed by atoms with Crippen LogP contribution in [0.5, 0.6) is 5.75 Å². The van der Waals surface area contributed by atoms with Crippen molar-refractivity contribution in [3.05, 3.63) is 89.5 Å². The second-order valence-electron chi connectivity index (χ2n) is 7.30. The quantitative estimate of drug-likeness (QED) is 0.560. The van der Waals surface area contributed by atoms with Gasteiger partial charge in [-0.2, -0.15) is 4.72 Å². The number of benzene rings is 3. The van der Waals surface area contributed by atoms with Crippen molar-refractivity contribution in [1.29, 1.82) is 0 Å². The SMILES string of the molecule is COc1ccc(S(=O)(=O)NC(Cc2ccccc2)C(=O)Nc2c(C)cccc2C)cc1. The summed E-state index contributed by atoms with van der Waals surface area (Å²) in [5.41, 5.74) is 3.35. The molecule has 0 spiro atoms. The molecule has 1 unspecified atom stereocenters. The third-order valence-electron chi connectivity index (χ3n) is 5.00. The van der Waals surface area contributed by atoms with Gasteiger partial charge in [0, 0.05) is 5.69 Å². The fraction of sp³-hybridized carbons (Fsp3) is 0.208. The number of anilines is 1. The first-order chi connectivity index (χ1) is 14.8. The van der Waals surface area contributed by atoms with Crippen molar-refractivity contribution in [3.63, 3.8) is 0 Å². The van der Waals surface area contributed by atoms with Gasteiger partial charge in [-0.1, -0.05) is 48.5 Å². The van der Waals surface area contributed by atoms with Crippen LogP contribution >= 0.6 is 0 Å². The van der Waals surface area contributed by atoms with Gasteiger partial charge in [0.05, 0.1) is 12.0 Å². The van der Waals surface area contributed by atoms with Crippen molar-refractivity contribution in [2.75, 3.05) is 12.4 Å². The van der Waals surface area contributed by atoms with Gasteiger partial charge >= 0.3 is 0 Å². The monoisotopic (exact) mass is 438 g/mol. The Labute approximate surface area is 183 Å². The van der Waals surface area contributed by atoms with Gasteiger partial charge in [-0.05, 0) is 61.2 Å². The lowest BCUT2D eigenvalue weighted by Gasteiger charge is -2.20. The van der Waals surface area contributed by atoms with Crippen molar-refractivity contribution in [2.45, 2.75) is 31.2 Å². The molecule has 1 atom stereocenters. The van der Waals surface area contributed by atoms with Gasteiger partial charge in [-0.15, -0.1) is 0 Å². The minimum absolute atomic E-state index is 0.0613. The molecule has 0 heterocycles. The Morgan fingerprint density at radius 1 is 0.903 bits per heavy atom.